The number of rotatable bonds is 6. The van der Waals surface area contributed by atoms with Gasteiger partial charge in [-0.15, -0.1) is 0 Å². The molecule has 1 aromatic carbocycles. The van der Waals surface area contributed by atoms with Gasteiger partial charge in [0.15, 0.2) is 0 Å². The predicted octanol–water partition coefficient (Wildman–Crippen LogP) is 2.36. The molecule has 2 rings (SSSR count). The lowest BCUT2D eigenvalue weighted by atomic mass is 9.95. The molecule has 1 aromatic rings. The monoisotopic (exact) mass is 293 g/mol. The number of anilines is 1. The maximum atomic E-state index is 12.9. The summed E-state index contributed by atoms with van der Waals surface area (Å²) in [6.45, 7) is 3.77. The lowest BCUT2D eigenvalue weighted by Crippen LogP contribution is -2.54. The molecule has 0 unspecified atom stereocenters. The Morgan fingerprint density at radius 3 is 2.48 bits per heavy atom. The van der Waals surface area contributed by atoms with Crippen LogP contribution in [0.1, 0.15) is 32.6 Å². The van der Waals surface area contributed by atoms with E-state index >= 15 is 0 Å². The second-order valence-electron chi connectivity index (χ2n) is 5.70. The molecule has 0 atom stereocenters. The third-order valence-electron chi connectivity index (χ3n) is 4.43. The maximum absolute atomic E-state index is 12.9. The average molecular weight is 293 g/mol. The molecule has 1 saturated carbocycles. The van der Waals surface area contributed by atoms with Gasteiger partial charge < -0.3 is 11.1 Å². The summed E-state index contributed by atoms with van der Waals surface area (Å²) in [5.74, 6) is -0.389. The highest BCUT2D eigenvalue weighted by Crippen LogP contribution is 2.34. The summed E-state index contributed by atoms with van der Waals surface area (Å²) in [6.07, 6.45) is 4.46. The van der Waals surface area contributed by atoms with Crippen molar-refractivity contribution in [3.8, 4) is 0 Å². The van der Waals surface area contributed by atoms with Crippen LogP contribution in [0.25, 0.3) is 0 Å². The summed E-state index contributed by atoms with van der Waals surface area (Å²) in [7, 11) is 0. The van der Waals surface area contributed by atoms with Gasteiger partial charge in [-0.1, -0.05) is 19.8 Å². The first kappa shape index (κ1) is 15.9. The van der Waals surface area contributed by atoms with Gasteiger partial charge in [0.1, 0.15) is 5.82 Å². The van der Waals surface area contributed by atoms with Crippen molar-refractivity contribution in [3.63, 3.8) is 0 Å². The molecule has 0 aromatic heterocycles. The summed E-state index contributed by atoms with van der Waals surface area (Å²) in [5, 5.41) is 2.81. The molecule has 116 valence electrons. The van der Waals surface area contributed by atoms with E-state index in [-0.39, 0.29) is 17.3 Å². The van der Waals surface area contributed by atoms with Crippen molar-refractivity contribution in [1.29, 1.82) is 0 Å². The van der Waals surface area contributed by atoms with Crippen molar-refractivity contribution in [3.05, 3.63) is 30.1 Å². The highest BCUT2D eigenvalue weighted by atomic mass is 19.1. The van der Waals surface area contributed by atoms with Crippen LogP contribution in [-0.4, -0.2) is 36.0 Å². The van der Waals surface area contributed by atoms with Crippen molar-refractivity contribution < 1.29 is 9.18 Å². The van der Waals surface area contributed by atoms with Gasteiger partial charge >= 0.3 is 0 Å². The van der Waals surface area contributed by atoms with Gasteiger partial charge in [0.2, 0.25) is 5.91 Å². The van der Waals surface area contributed by atoms with E-state index in [9.17, 15) is 9.18 Å². The molecular formula is C16H24FN3O. The van der Waals surface area contributed by atoms with Crippen LogP contribution < -0.4 is 11.1 Å². The Morgan fingerprint density at radius 2 is 1.95 bits per heavy atom. The molecule has 5 heteroatoms. The molecule has 0 radical (unpaired) electrons. The number of halogens is 1. The second-order valence-corrected chi connectivity index (χ2v) is 5.70. The second kappa shape index (κ2) is 7.00. The molecule has 0 heterocycles. The number of nitrogens with one attached hydrogen (secondary N) is 1. The van der Waals surface area contributed by atoms with E-state index in [1.165, 1.54) is 25.0 Å². The number of carbonyl (C=O) groups excluding carboxylic acids is 1. The Balaban J connectivity index is 1.97. The third-order valence-corrected chi connectivity index (χ3v) is 4.43. The fourth-order valence-electron chi connectivity index (χ4n) is 3.20. The lowest BCUT2D eigenvalue weighted by molar-refractivity contribution is -0.118. The predicted molar refractivity (Wildman–Crippen MR) is 82.5 cm³/mol. The van der Waals surface area contributed by atoms with Crippen LogP contribution >= 0.6 is 0 Å². The van der Waals surface area contributed by atoms with E-state index in [4.69, 9.17) is 5.73 Å². The molecule has 3 N–H and O–H groups in total. The molecule has 0 saturated heterocycles. The fourth-order valence-corrected chi connectivity index (χ4v) is 3.20. The van der Waals surface area contributed by atoms with Gasteiger partial charge in [-0.05, 0) is 43.7 Å². The molecule has 1 amide bonds. The maximum Gasteiger partial charge on any atom is 0.238 e. The van der Waals surface area contributed by atoms with Crippen molar-refractivity contribution in [2.75, 3.05) is 25.0 Å². The van der Waals surface area contributed by atoms with Gasteiger partial charge in [0, 0.05) is 17.8 Å². The van der Waals surface area contributed by atoms with E-state index in [2.05, 4.69) is 17.1 Å². The summed E-state index contributed by atoms with van der Waals surface area (Å²) in [5.41, 5.74) is 6.56. The van der Waals surface area contributed by atoms with Crippen molar-refractivity contribution in [2.45, 2.75) is 38.1 Å². The Bertz CT molecular complexity index is 469. The van der Waals surface area contributed by atoms with Crippen molar-refractivity contribution >= 4 is 11.6 Å². The van der Waals surface area contributed by atoms with E-state index < -0.39 is 0 Å². The molecule has 0 spiro atoms. The molecule has 0 bridgehead atoms. The van der Waals surface area contributed by atoms with Crippen molar-refractivity contribution in [1.82, 2.24) is 4.90 Å². The van der Waals surface area contributed by atoms with E-state index in [0.29, 0.717) is 18.8 Å². The van der Waals surface area contributed by atoms with Crippen molar-refractivity contribution in [2.24, 2.45) is 5.73 Å². The minimum atomic E-state index is -0.309. The first-order valence-electron chi connectivity index (χ1n) is 7.60. The summed E-state index contributed by atoms with van der Waals surface area (Å²) in [4.78, 5) is 14.4. The molecule has 1 fully saturated rings. The third kappa shape index (κ3) is 3.80. The number of nitrogens with two attached hydrogens (primary N) is 1. The Hall–Kier alpha value is -1.46. The van der Waals surface area contributed by atoms with Crippen LogP contribution in [-0.2, 0) is 4.79 Å². The molecule has 0 aliphatic heterocycles. The highest BCUT2D eigenvalue weighted by molar-refractivity contribution is 5.92. The zero-order valence-corrected chi connectivity index (χ0v) is 12.6. The Kier molecular flexibility index (Phi) is 5.31. The minimum Gasteiger partial charge on any atom is -0.329 e. The molecule has 1 aliphatic rings. The standard InChI is InChI=1S/C16H24FN3O/c1-2-20(16(12-18)9-3-4-10-16)11-15(21)19-14-7-5-13(17)6-8-14/h5-8H,2-4,9-12,18H2,1H3,(H,19,21). The molecule has 4 nitrogen and oxygen atoms in total. The summed E-state index contributed by atoms with van der Waals surface area (Å²) in [6, 6.07) is 5.81. The normalized spacial score (nSPS) is 17.1. The van der Waals surface area contributed by atoms with Crippen LogP contribution in [0.3, 0.4) is 0 Å². The van der Waals surface area contributed by atoms with E-state index in [1.54, 1.807) is 12.1 Å². The largest absolute Gasteiger partial charge is 0.329 e. The SMILES string of the molecule is CCN(CC(=O)Nc1ccc(F)cc1)C1(CN)CCCC1. The molecular weight excluding hydrogens is 269 g/mol. The smallest absolute Gasteiger partial charge is 0.238 e. The van der Waals surface area contributed by atoms with Gasteiger partial charge in [-0.25, -0.2) is 4.39 Å². The van der Waals surface area contributed by atoms with Crippen LogP contribution in [0, 0.1) is 5.82 Å². The van der Waals surface area contributed by atoms with Gasteiger partial charge in [-0.2, -0.15) is 0 Å². The number of hydrogen-bond donors (Lipinski definition) is 2. The number of hydrogen-bond acceptors (Lipinski definition) is 3. The van der Waals surface area contributed by atoms with Crippen LogP contribution in [0.5, 0.6) is 0 Å². The first-order chi connectivity index (χ1) is 10.1. The van der Waals surface area contributed by atoms with Crippen LogP contribution in [0.4, 0.5) is 10.1 Å². The summed E-state index contributed by atoms with van der Waals surface area (Å²) >= 11 is 0. The molecule has 1 aliphatic carbocycles. The minimum absolute atomic E-state index is 0.0329. The average Bonchev–Trinajstić information content (AvgIpc) is 2.97. The first-order valence-corrected chi connectivity index (χ1v) is 7.60. The zero-order valence-electron chi connectivity index (χ0n) is 12.6. The van der Waals surface area contributed by atoms with E-state index in [1.807, 2.05) is 0 Å². The van der Waals surface area contributed by atoms with Crippen LogP contribution in [0.15, 0.2) is 24.3 Å². The van der Waals surface area contributed by atoms with Gasteiger partial charge in [0.05, 0.1) is 6.54 Å². The number of likely N-dealkylation sites (N-methyl/N-ethyl adjacent to an activating group) is 1. The van der Waals surface area contributed by atoms with Crippen LogP contribution in [0.2, 0.25) is 0 Å². The molecule has 21 heavy (non-hydrogen) atoms. The number of carbonyl (C=O) groups is 1. The Morgan fingerprint density at radius 1 is 1.33 bits per heavy atom. The van der Waals surface area contributed by atoms with Gasteiger partial charge in [-0.3, -0.25) is 9.69 Å². The number of amides is 1. The summed E-state index contributed by atoms with van der Waals surface area (Å²) < 4.78 is 12.9. The topological polar surface area (TPSA) is 58.4 Å². The lowest BCUT2D eigenvalue weighted by Gasteiger charge is -2.39. The van der Waals surface area contributed by atoms with Gasteiger partial charge in [0.25, 0.3) is 0 Å². The fraction of sp³-hybridized carbons (Fsp3) is 0.562. The quantitative estimate of drug-likeness (QED) is 0.846. The Labute approximate surface area is 125 Å². The number of nitrogens with zero attached hydrogens (tertiary/aromatic N) is 1. The van der Waals surface area contributed by atoms with E-state index in [0.717, 1.165) is 19.4 Å². The number of benzene rings is 1. The zero-order chi connectivity index (χ0) is 15.3. The highest BCUT2D eigenvalue weighted by Gasteiger charge is 2.38.